The van der Waals surface area contributed by atoms with E-state index in [1.807, 2.05) is 42.6 Å². The van der Waals surface area contributed by atoms with Crippen molar-refractivity contribution in [1.82, 2.24) is 20.1 Å². The average Bonchev–Trinajstić information content (AvgIpc) is 3.26. The third-order valence-corrected chi connectivity index (χ3v) is 4.78. The molecule has 6 nitrogen and oxygen atoms in total. The van der Waals surface area contributed by atoms with Gasteiger partial charge in [-0.1, -0.05) is 6.92 Å². The number of rotatable bonds is 6. The minimum Gasteiger partial charge on any atom is -0.497 e. The Kier molecular flexibility index (Phi) is 5.14. The standard InChI is InChI=1S/C18H20N4O2S/c1-4-13-9-16(22(2)21-13)17(23)19-10-14-11-25-18(20-14)12-5-7-15(24-3)8-6-12/h5-9,11H,4,10H2,1-3H3,(H,19,23). The molecule has 0 unspecified atom stereocenters. The first kappa shape index (κ1) is 17.2. The van der Waals surface area contributed by atoms with Crippen molar-refractivity contribution in [3.63, 3.8) is 0 Å². The number of nitrogens with zero attached hydrogens (tertiary/aromatic N) is 3. The highest BCUT2D eigenvalue weighted by molar-refractivity contribution is 7.13. The van der Waals surface area contributed by atoms with Gasteiger partial charge in [0, 0.05) is 18.0 Å². The van der Waals surface area contributed by atoms with Crippen LogP contribution in [0.5, 0.6) is 5.75 Å². The van der Waals surface area contributed by atoms with Crippen LogP contribution in [0.25, 0.3) is 10.6 Å². The molecule has 25 heavy (non-hydrogen) atoms. The van der Waals surface area contributed by atoms with E-state index in [2.05, 4.69) is 15.4 Å². The molecule has 130 valence electrons. The van der Waals surface area contributed by atoms with Crippen molar-refractivity contribution in [2.24, 2.45) is 7.05 Å². The number of amides is 1. The molecule has 3 aromatic rings. The number of aromatic nitrogens is 3. The maximum absolute atomic E-state index is 12.3. The number of thiazole rings is 1. The first-order valence-electron chi connectivity index (χ1n) is 8.00. The summed E-state index contributed by atoms with van der Waals surface area (Å²) < 4.78 is 6.77. The van der Waals surface area contributed by atoms with E-state index in [-0.39, 0.29) is 5.91 Å². The Labute approximate surface area is 150 Å². The number of methoxy groups -OCH3 is 1. The van der Waals surface area contributed by atoms with Crippen LogP contribution in [-0.2, 0) is 20.0 Å². The molecule has 0 aliphatic rings. The van der Waals surface area contributed by atoms with Crippen LogP contribution in [0.4, 0.5) is 0 Å². The van der Waals surface area contributed by atoms with E-state index >= 15 is 0 Å². The monoisotopic (exact) mass is 356 g/mol. The molecule has 0 atom stereocenters. The predicted octanol–water partition coefficient (Wildman–Crippen LogP) is 3.04. The van der Waals surface area contributed by atoms with Gasteiger partial charge < -0.3 is 10.1 Å². The summed E-state index contributed by atoms with van der Waals surface area (Å²) in [5.41, 5.74) is 3.33. The van der Waals surface area contributed by atoms with Crippen LogP contribution >= 0.6 is 11.3 Å². The molecule has 2 heterocycles. The molecule has 1 aromatic carbocycles. The van der Waals surface area contributed by atoms with Crippen molar-refractivity contribution in [2.45, 2.75) is 19.9 Å². The maximum Gasteiger partial charge on any atom is 0.269 e. The molecule has 0 saturated carbocycles. The molecule has 7 heteroatoms. The molecule has 3 rings (SSSR count). The van der Waals surface area contributed by atoms with Crippen molar-refractivity contribution >= 4 is 17.2 Å². The van der Waals surface area contributed by atoms with Gasteiger partial charge in [0.05, 0.1) is 25.0 Å². The zero-order chi connectivity index (χ0) is 17.8. The van der Waals surface area contributed by atoms with Gasteiger partial charge in [0.2, 0.25) is 0 Å². The van der Waals surface area contributed by atoms with Gasteiger partial charge in [-0.2, -0.15) is 5.10 Å². The number of carbonyl (C=O) groups is 1. The van der Waals surface area contributed by atoms with E-state index < -0.39 is 0 Å². The second-order valence-electron chi connectivity index (χ2n) is 5.55. The van der Waals surface area contributed by atoms with Gasteiger partial charge in [0.1, 0.15) is 16.5 Å². The number of ether oxygens (including phenoxy) is 1. The summed E-state index contributed by atoms with van der Waals surface area (Å²) in [5.74, 6) is 0.670. The second-order valence-corrected chi connectivity index (χ2v) is 6.41. The largest absolute Gasteiger partial charge is 0.497 e. The van der Waals surface area contributed by atoms with E-state index in [4.69, 9.17) is 4.74 Å². The minimum absolute atomic E-state index is 0.145. The predicted molar refractivity (Wildman–Crippen MR) is 97.9 cm³/mol. The number of benzene rings is 1. The number of aryl methyl sites for hydroxylation is 2. The molecule has 2 aromatic heterocycles. The quantitative estimate of drug-likeness (QED) is 0.737. The smallest absolute Gasteiger partial charge is 0.269 e. The van der Waals surface area contributed by atoms with Gasteiger partial charge in [-0.05, 0) is 36.8 Å². The molecule has 0 bridgehead atoms. The highest BCUT2D eigenvalue weighted by Crippen LogP contribution is 2.25. The van der Waals surface area contributed by atoms with Gasteiger partial charge in [-0.3, -0.25) is 9.48 Å². The lowest BCUT2D eigenvalue weighted by molar-refractivity contribution is 0.0941. The van der Waals surface area contributed by atoms with Crippen molar-refractivity contribution in [2.75, 3.05) is 7.11 Å². The van der Waals surface area contributed by atoms with Crippen molar-refractivity contribution in [3.8, 4) is 16.3 Å². The summed E-state index contributed by atoms with van der Waals surface area (Å²) >= 11 is 1.55. The number of carbonyl (C=O) groups excluding carboxylic acids is 1. The maximum atomic E-state index is 12.3. The van der Waals surface area contributed by atoms with Gasteiger partial charge >= 0.3 is 0 Å². The summed E-state index contributed by atoms with van der Waals surface area (Å²) in [5, 5.41) is 10.1. The van der Waals surface area contributed by atoms with Gasteiger partial charge in [0.15, 0.2) is 0 Å². The summed E-state index contributed by atoms with van der Waals surface area (Å²) in [4.78, 5) is 16.9. The van der Waals surface area contributed by atoms with E-state index in [0.717, 1.165) is 34.1 Å². The summed E-state index contributed by atoms with van der Waals surface area (Å²) in [7, 11) is 3.42. The molecule has 1 amide bonds. The third kappa shape index (κ3) is 3.88. The normalized spacial score (nSPS) is 10.7. The molecule has 0 fully saturated rings. The Bertz CT molecular complexity index is 868. The highest BCUT2D eigenvalue weighted by Gasteiger charge is 2.13. The van der Waals surface area contributed by atoms with Crippen LogP contribution in [0.3, 0.4) is 0 Å². The van der Waals surface area contributed by atoms with Crippen LogP contribution in [-0.4, -0.2) is 27.8 Å². The lowest BCUT2D eigenvalue weighted by Crippen LogP contribution is -2.25. The molecule has 0 aliphatic heterocycles. The second kappa shape index (κ2) is 7.48. The lowest BCUT2D eigenvalue weighted by Gasteiger charge is -2.03. The summed E-state index contributed by atoms with van der Waals surface area (Å²) in [6.07, 6.45) is 0.804. The molecule has 0 radical (unpaired) electrons. The fourth-order valence-corrected chi connectivity index (χ4v) is 3.25. The SMILES string of the molecule is CCc1cc(C(=O)NCc2csc(-c3ccc(OC)cc3)n2)n(C)n1. The fourth-order valence-electron chi connectivity index (χ4n) is 2.43. The van der Waals surface area contributed by atoms with Crippen molar-refractivity contribution in [3.05, 3.63) is 52.8 Å². The minimum atomic E-state index is -0.145. The molecular weight excluding hydrogens is 336 g/mol. The Morgan fingerprint density at radius 2 is 2.04 bits per heavy atom. The zero-order valence-corrected chi connectivity index (χ0v) is 15.3. The van der Waals surface area contributed by atoms with Crippen molar-refractivity contribution < 1.29 is 9.53 Å². The summed E-state index contributed by atoms with van der Waals surface area (Å²) in [6, 6.07) is 9.58. The molecular formula is C18H20N4O2S. The average molecular weight is 356 g/mol. The van der Waals surface area contributed by atoms with Crippen molar-refractivity contribution in [1.29, 1.82) is 0 Å². The van der Waals surface area contributed by atoms with Gasteiger partial charge in [0.25, 0.3) is 5.91 Å². The van der Waals surface area contributed by atoms with Gasteiger partial charge in [-0.15, -0.1) is 11.3 Å². The topological polar surface area (TPSA) is 69.0 Å². The zero-order valence-electron chi connectivity index (χ0n) is 14.4. The number of hydrogen-bond donors (Lipinski definition) is 1. The van der Waals surface area contributed by atoms with Gasteiger partial charge in [-0.25, -0.2) is 4.98 Å². The third-order valence-electron chi connectivity index (χ3n) is 3.84. The number of hydrogen-bond acceptors (Lipinski definition) is 5. The Morgan fingerprint density at radius 3 is 2.68 bits per heavy atom. The molecule has 0 spiro atoms. The first-order valence-corrected chi connectivity index (χ1v) is 8.88. The van der Waals surface area contributed by atoms with Crippen LogP contribution in [0.15, 0.2) is 35.7 Å². The fraction of sp³-hybridized carbons (Fsp3) is 0.278. The van der Waals surface area contributed by atoms with Crippen LogP contribution < -0.4 is 10.1 Å². The number of nitrogens with one attached hydrogen (secondary N) is 1. The summed E-state index contributed by atoms with van der Waals surface area (Å²) in [6.45, 7) is 2.40. The Morgan fingerprint density at radius 1 is 1.28 bits per heavy atom. The first-order chi connectivity index (χ1) is 12.1. The van der Waals surface area contributed by atoms with Crippen LogP contribution in [0.2, 0.25) is 0 Å². The van der Waals surface area contributed by atoms with E-state index in [1.54, 1.807) is 30.2 Å². The van der Waals surface area contributed by atoms with Crippen LogP contribution in [0.1, 0.15) is 28.8 Å². The van der Waals surface area contributed by atoms with E-state index in [0.29, 0.717) is 12.2 Å². The Hall–Kier alpha value is -2.67. The van der Waals surface area contributed by atoms with E-state index in [9.17, 15) is 4.79 Å². The highest BCUT2D eigenvalue weighted by atomic mass is 32.1. The molecule has 0 aliphatic carbocycles. The lowest BCUT2D eigenvalue weighted by atomic mass is 10.2. The molecule has 0 saturated heterocycles. The van der Waals surface area contributed by atoms with E-state index in [1.165, 1.54) is 0 Å². The molecule has 1 N–H and O–H groups in total. The van der Waals surface area contributed by atoms with Crippen LogP contribution in [0, 0.1) is 0 Å². The Balaban J connectivity index is 1.64.